The van der Waals surface area contributed by atoms with Gasteiger partial charge in [-0.1, -0.05) is 0 Å². The van der Waals surface area contributed by atoms with Gasteiger partial charge in [0.05, 0.1) is 25.9 Å². The van der Waals surface area contributed by atoms with E-state index in [1.807, 2.05) is 0 Å². The lowest BCUT2D eigenvalue weighted by atomic mass is 10.2. The summed E-state index contributed by atoms with van der Waals surface area (Å²) in [5, 5.41) is 14.5. The highest BCUT2D eigenvalue weighted by atomic mass is 16.5. The Hall–Kier alpha value is -2.23. The van der Waals surface area contributed by atoms with Crippen LogP contribution in [0.2, 0.25) is 0 Å². The van der Waals surface area contributed by atoms with E-state index in [1.165, 1.54) is 27.4 Å². The van der Waals surface area contributed by atoms with Crippen LogP contribution < -0.4 is 10.1 Å². The summed E-state index contributed by atoms with van der Waals surface area (Å²) in [6, 6.07) is 1.31. The van der Waals surface area contributed by atoms with Gasteiger partial charge in [-0.25, -0.2) is 4.98 Å². The highest BCUT2D eigenvalue weighted by molar-refractivity contribution is 5.99. The number of pyridine rings is 1. The maximum Gasteiger partial charge on any atom is 0.270 e. The zero-order valence-electron chi connectivity index (χ0n) is 13.3. The number of hydrogen-bond donors (Lipinski definition) is 1. The van der Waals surface area contributed by atoms with Crippen molar-refractivity contribution in [1.82, 2.24) is 15.4 Å². The molecule has 1 aromatic heterocycles. The van der Waals surface area contributed by atoms with Crippen LogP contribution in [0.3, 0.4) is 0 Å². The molecule has 9 nitrogen and oxygen atoms in total. The van der Waals surface area contributed by atoms with E-state index in [4.69, 9.17) is 14.2 Å². The topological polar surface area (TPSA) is 113 Å². The molecule has 1 aromatic rings. The van der Waals surface area contributed by atoms with Crippen molar-refractivity contribution in [3.63, 3.8) is 0 Å². The van der Waals surface area contributed by atoms with E-state index in [-0.39, 0.29) is 35.2 Å². The molecule has 2 amide bonds. The van der Waals surface area contributed by atoms with Gasteiger partial charge >= 0.3 is 0 Å². The quantitative estimate of drug-likeness (QED) is 0.504. The SMILES string of the molecule is COCCNC(=O)c1cc(OC)c(C(=O)N([O-])CCOC)cn1. The average Bonchev–Trinajstić information content (AvgIpc) is 2.58. The average molecular weight is 326 g/mol. The highest BCUT2D eigenvalue weighted by Crippen LogP contribution is 2.20. The molecule has 0 saturated carbocycles. The molecule has 1 heterocycles. The normalized spacial score (nSPS) is 10.3. The fraction of sp³-hybridized carbons (Fsp3) is 0.500. The minimum absolute atomic E-state index is 0.0213. The molecule has 0 spiro atoms. The van der Waals surface area contributed by atoms with E-state index < -0.39 is 11.8 Å². The molecule has 0 aliphatic heterocycles. The van der Waals surface area contributed by atoms with E-state index in [0.717, 1.165) is 6.20 Å². The minimum Gasteiger partial charge on any atom is -0.756 e. The number of methoxy groups -OCH3 is 3. The van der Waals surface area contributed by atoms with Crippen LogP contribution in [0.25, 0.3) is 0 Å². The van der Waals surface area contributed by atoms with Crippen LogP contribution in [0, 0.1) is 5.21 Å². The summed E-state index contributed by atoms with van der Waals surface area (Å²) >= 11 is 0. The van der Waals surface area contributed by atoms with Crippen molar-refractivity contribution >= 4 is 11.8 Å². The fourth-order valence-electron chi connectivity index (χ4n) is 1.66. The van der Waals surface area contributed by atoms with Gasteiger partial charge < -0.3 is 29.8 Å². The Morgan fingerprint density at radius 3 is 2.57 bits per heavy atom. The van der Waals surface area contributed by atoms with E-state index in [2.05, 4.69) is 10.3 Å². The standard InChI is InChI=1S/C14H20N3O6/c1-21-6-4-15-13(18)11-8-12(23-3)10(9-16-11)14(19)17(20)5-7-22-2/h8-9H,4-7H2,1-3H3,(H,15,18)/q-1. The van der Waals surface area contributed by atoms with Crippen molar-refractivity contribution in [3.05, 3.63) is 28.7 Å². The van der Waals surface area contributed by atoms with E-state index in [9.17, 15) is 14.8 Å². The summed E-state index contributed by atoms with van der Waals surface area (Å²) in [7, 11) is 4.28. The second-order valence-electron chi connectivity index (χ2n) is 4.42. The molecule has 0 aliphatic carbocycles. The van der Waals surface area contributed by atoms with Crippen LogP contribution in [0.15, 0.2) is 12.3 Å². The number of carbonyl (C=O) groups excluding carboxylic acids is 2. The second-order valence-corrected chi connectivity index (χ2v) is 4.42. The molecule has 0 fully saturated rings. The molecule has 0 radical (unpaired) electrons. The van der Waals surface area contributed by atoms with Crippen molar-refractivity contribution in [1.29, 1.82) is 0 Å². The number of rotatable bonds is 9. The van der Waals surface area contributed by atoms with E-state index in [1.54, 1.807) is 0 Å². The Morgan fingerprint density at radius 2 is 1.96 bits per heavy atom. The zero-order chi connectivity index (χ0) is 17.2. The molecule has 0 saturated heterocycles. The molecule has 0 unspecified atom stereocenters. The molecule has 1 N–H and O–H groups in total. The zero-order valence-corrected chi connectivity index (χ0v) is 13.3. The predicted octanol–water partition coefficient (Wildman–Crippen LogP) is 0.0528. The number of carbonyl (C=O) groups is 2. The summed E-state index contributed by atoms with van der Waals surface area (Å²) in [6.07, 6.45) is 1.14. The van der Waals surface area contributed by atoms with Gasteiger partial charge in [-0.05, 0) is 0 Å². The molecule has 0 atom stereocenters. The number of ether oxygens (including phenoxy) is 3. The van der Waals surface area contributed by atoms with Gasteiger partial charge in [-0.3, -0.25) is 9.59 Å². The lowest BCUT2D eigenvalue weighted by Crippen LogP contribution is -2.30. The van der Waals surface area contributed by atoms with Gasteiger partial charge in [0.25, 0.3) is 5.91 Å². The van der Waals surface area contributed by atoms with Crippen molar-refractivity contribution in [3.8, 4) is 5.75 Å². The summed E-state index contributed by atoms with van der Waals surface area (Å²) in [5.74, 6) is -1.14. The maximum absolute atomic E-state index is 12.0. The van der Waals surface area contributed by atoms with Gasteiger partial charge in [0.2, 0.25) is 5.91 Å². The molecule has 23 heavy (non-hydrogen) atoms. The van der Waals surface area contributed by atoms with Crippen LogP contribution in [-0.2, 0) is 9.47 Å². The summed E-state index contributed by atoms with van der Waals surface area (Å²) in [6.45, 7) is 0.693. The maximum atomic E-state index is 12.0. The third kappa shape index (κ3) is 5.47. The Balaban J connectivity index is 2.87. The van der Waals surface area contributed by atoms with Crippen LogP contribution in [0.1, 0.15) is 20.8 Å². The molecule has 128 valence electrons. The molecular weight excluding hydrogens is 306 g/mol. The van der Waals surface area contributed by atoms with Crippen LogP contribution in [0.5, 0.6) is 5.75 Å². The summed E-state index contributed by atoms with van der Waals surface area (Å²) < 4.78 is 14.7. The molecule has 0 aliphatic rings. The monoisotopic (exact) mass is 326 g/mol. The highest BCUT2D eigenvalue weighted by Gasteiger charge is 2.17. The molecule has 1 rings (SSSR count). The first-order valence-electron chi connectivity index (χ1n) is 6.84. The number of aromatic nitrogens is 1. The first-order chi connectivity index (χ1) is 11.0. The van der Waals surface area contributed by atoms with Crippen molar-refractivity contribution < 1.29 is 23.8 Å². The Bertz CT molecular complexity index is 537. The summed E-state index contributed by atoms with van der Waals surface area (Å²) in [5.41, 5.74) is 0.0517. The van der Waals surface area contributed by atoms with Crippen LogP contribution in [-0.4, -0.2) is 69.5 Å². The number of amides is 2. The predicted molar refractivity (Wildman–Crippen MR) is 81.3 cm³/mol. The molecule has 0 bridgehead atoms. The van der Waals surface area contributed by atoms with Crippen molar-refractivity contribution in [2.24, 2.45) is 0 Å². The third-order valence-corrected chi connectivity index (χ3v) is 2.87. The largest absolute Gasteiger partial charge is 0.756 e. The summed E-state index contributed by atoms with van der Waals surface area (Å²) in [4.78, 5) is 27.8. The Morgan fingerprint density at radius 1 is 1.26 bits per heavy atom. The van der Waals surface area contributed by atoms with Crippen LogP contribution in [0.4, 0.5) is 0 Å². The third-order valence-electron chi connectivity index (χ3n) is 2.87. The number of hydrogen-bond acceptors (Lipinski definition) is 7. The van der Waals surface area contributed by atoms with Gasteiger partial charge in [-0.15, -0.1) is 0 Å². The van der Waals surface area contributed by atoms with E-state index in [0.29, 0.717) is 13.2 Å². The minimum atomic E-state index is -0.808. The number of nitrogens with one attached hydrogen (secondary N) is 1. The second kappa shape index (κ2) is 9.72. The van der Waals surface area contributed by atoms with Gasteiger partial charge in [0, 0.05) is 39.6 Å². The van der Waals surface area contributed by atoms with Crippen LogP contribution >= 0.6 is 0 Å². The lowest BCUT2D eigenvalue weighted by Gasteiger charge is -2.28. The van der Waals surface area contributed by atoms with Gasteiger partial charge in [0.15, 0.2) is 0 Å². The lowest BCUT2D eigenvalue weighted by molar-refractivity contribution is 0.0773. The van der Waals surface area contributed by atoms with Gasteiger partial charge in [-0.2, -0.15) is 0 Å². The Labute approximate surface area is 134 Å². The van der Waals surface area contributed by atoms with E-state index >= 15 is 0 Å². The Kier molecular flexibility index (Phi) is 7.95. The number of hydroxylamine groups is 2. The molecule has 9 heteroatoms. The smallest absolute Gasteiger partial charge is 0.270 e. The van der Waals surface area contributed by atoms with Crippen molar-refractivity contribution in [2.45, 2.75) is 0 Å². The number of nitrogens with zero attached hydrogens (tertiary/aromatic N) is 2. The molecular formula is C14H20N3O6-. The fourth-order valence-corrected chi connectivity index (χ4v) is 1.66. The van der Waals surface area contributed by atoms with Crippen molar-refractivity contribution in [2.75, 3.05) is 47.6 Å². The first kappa shape index (κ1) is 18.8. The molecule has 0 aromatic carbocycles. The first-order valence-corrected chi connectivity index (χ1v) is 6.84. The van der Waals surface area contributed by atoms with Gasteiger partial charge in [0.1, 0.15) is 11.4 Å².